The maximum atomic E-state index is 5.27. The summed E-state index contributed by atoms with van der Waals surface area (Å²) in [7, 11) is 0. The molecule has 2 heterocycles. The molecule has 2 aromatic heterocycles. The highest BCUT2D eigenvalue weighted by Gasteiger charge is 2.15. The van der Waals surface area contributed by atoms with Gasteiger partial charge in [-0.05, 0) is 92.7 Å². The first-order valence-electron chi connectivity index (χ1n) is 17.9. The van der Waals surface area contributed by atoms with E-state index >= 15 is 0 Å². The molecule has 0 bridgehead atoms. The molecule has 0 unspecified atom stereocenters. The Labute approximate surface area is 312 Å². The maximum absolute atomic E-state index is 5.27. The molecule has 0 atom stereocenters. The summed E-state index contributed by atoms with van der Waals surface area (Å²) in [5.41, 5.74) is 11.8. The molecule has 8 aromatic carbocycles. The van der Waals surface area contributed by atoms with Crippen LogP contribution < -0.4 is 0 Å². The SMILES string of the molecule is c1ccc(-c2cccc(-c3cc(-c4cc(-c5ccc6ccccc6c5)cc(-c5ccc6c(c5)sc5ccccc56)c4)nc(-c4ccccc4)n3)c2)cc1. The Hall–Kier alpha value is -6.68. The Balaban J connectivity index is 1.18. The van der Waals surface area contributed by atoms with Crippen LogP contribution in [0.3, 0.4) is 0 Å². The van der Waals surface area contributed by atoms with Crippen LogP contribution in [0.5, 0.6) is 0 Å². The lowest BCUT2D eigenvalue weighted by atomic mass is 9.93. The number of nitrogens with zero attached hydrogens (tertiary/aromatic N) is 2. The Morgan fingerprint density at radius 1 is 0.283 bits per heavy atom. The van der Waals surface area contributed by atoms with Gasteiger partial charge >= 0.3 is 0 Å². The van der Waals surface area contributed by atoms with E-state index in [1.54, 1.807) is 0 Å². The smallest absolute Gasteiger partial charge is 0.160 e. The van der Waals surface area contributed by atoms with Crippen molar-refractivity contribution in [1.29, 1.82) is 0 Å². The number of benzene rings is 8. The zero-order valence-corrected chi connectivity index (χ0v) is 29.6. The molecule has 0 amide bonds. The Morgan fingerprint density at radius 3 is 1.64 bits per heavy atom. The van der Waals surface area contributed by atoms with Crippen LogP contribution in [0.4, 0.5) is 0 Å². The van der Waals surface area contributed by atoms with Crippen LogP contribution in [-0.2, 0) is 0 Å². The van der Waals surface area contributed by atoms with Gasteiger partial charge in [0.25, 0.3) is 0 Å². The Bertz CT molecular complexity index is 2950. The van der Waals surface area contributed by atoms with Crippen molar-refractivity contribution in [3.63, 3.8) is 0 Å². The van der Waals surface area contributed by atoms with Gasteiger partial charge in [-0.15, -0.1) is 11.3 Å². The average molecular weight is 693 g/mol. The lowest BCUT2D eigenvalue weighted by molar-refractivity contribution is 1.18. The molecular weight excluding hydrogens is 661 g/mol. The molecule has 0 aliphatic heterocycles. The van der Waals surface area contributed by atoms with Gasteiger partial charge in [0.2, 0.25) is 0 Å². The van der Waals surface area contributed by atoms with Gasteiger partial charge in [-0.3, -0.25) is 0 Å². The highest BCUT2D eigenvalue weighted by atomic mass is 32.1. The van der Waals surface area contributed by atoms with Crippen LogP contribution in [0.1, 0.15) is 0 Å². The summed E-state index contributed by atoms with van der Waals surface area (Å²) in [6.45, 7) is 0. The topological polar surface area (TPSA) is 25.8 Å². The van der Waals surface area contributed by atoms with Gasteiger partial charge in [0, 0.05) is 36.9 Å². The number of hydrogen-bond donors (Lipinski definition) is 0. The van der Waals surface area contributed by atoms with Crippen molar-refractivity contribution in [2.75, 3.05) is 0 Å². The van der Waals surface area contributed by atoms with Gasteiger partial charge in [-0.2, -0.15) is 0 Å². The minimum absolute atomic E-state index is 0.701. The largest absolute Gasteiger partial charge is 0.228 e. The quantitative estimate of drug-likeness (QED) is 0.173. The zero-order chi connectivity index (χ0) is 35.1. The molecule has 0 fully saturated rings. The fourth-order valence-electron chi connectivity index (χ4n) is 7.33. The average Bonchev–Trinajstić information content (AvgIpc) is 3.62. The number of thiophene rings is 1. The highest BCUT2D eigenvalue weighted by molar-refractivity contribution is 7.25. The number of aromatic nitrogens is 2. The molecule has 2 nitrogen and oxygen atoms in total. The third-order valence-electron chi connectivity index (χ3n) is 10.0. The molecule has 0 saturated heterocycles. The molecular formula is C50H32N2S. The summed E-state index contributed by atoms with van der Waals surface area (Å²) < 4.78 is 2.60. The summed E-state index contributed by atoms with van der Waals surface area (Å²) in [4.78, 5) is 10.4. The van der Waals surface area contributed by atoms with Crippen molar-refractivity contribution < 1.29 is 0 Å². The molecule has 248 valence electrons. The van der Waals surface area contributed by atoms with Crippen molar-refractivity contribution >= 4 is 42.3 Å². The second-order valence-electron chi connectivity index (χ2n) is 13.4. The summed E-state index contributed by atoms with van der Waals surface area (Å²) in [5.74, 6) is 0.701. The number of fused-ring (bicyclic) bond motifs is 4. The minimum Gasteiger partial charge on any atom is -0.228 e. The van der Waals surface area contributed by atoms with E-state index in [-0.39, 0.29) is 0 Å². The van der Waals surface area contributed by atoms with Crippen molar-refractivity contribution in [1.82, 2.24) is 9.97 Å². The van der Waals surface area contributed by atoms with Crippen LogP contribution in [0.2, 0.25) is 0 Å². The van der Waals surface area contributed by atoms with Crippen LogP contribution in [0, 0.1) is 0 Å². The summed E-state index contributed by atoms with van der Waals surface area (Å²) in [6, 6.07) is 69.4. The van der Waals surface area contributed by atoms with Crippen molar-refractivity contribution in [3.05, 3.63) is 194 Å². The first-order chi connectivity index (χ1) is 26.2. The molecule has 10 rings (SSSR count). The van der Waals surface area contributed by atoms with Gasteiger partial charge in [0.1, 0.15) is 0 Å². The molecule has 0 radical (unpaired) electrons. The van der Waals surface area contributed by atoms with Crippen LogP contribution in [0.25, 0.3) is 98.2 Å². The standard InChI is InChI=1S/C50H32N2S/c1-3-12-33(13-4-1)37-18-11-19-40(27-37)46-32-47(52-50(51-46)35-15-5-2-6-16-35)43-29-41(38-23-22-34-14-7-8-17-36(34)26-38)28-42(30-43)39-24-25-45-44-20-9-10-21-48(44)53-49(45)31-39/h1-32H. The Kier molecular flexibility index (Phi) is 7.71. The van der Waals surface area contributed by atoms with E-state index in [0.29, 0.717) is 5.82 Å². The normalized spacial score (nSPS) is 11.4. The van der Waals surface area contributed by atoms with Gasteiger partial charge in [-0.1, -0.05) is 146 Å². The highest BCUT2D eigenvalue weighted by Crippen LogP contribution is 2.39. The first-order valence-corrected chi connectivity index (χ1v) is 18.7. The van der Waals surface area contributed by atoms with Crippen LogP contribution in [0.15, 0.2) is 194 Å². The van der Waals surface area contributed by atoms with E-state index in [1.807, 2.05) is 29.5 Å². The number of hydrogen-bond acceptors (Lipinski definition) is 3. The minimum atomic E-state index is 0.701. The Morgan fingerprint density at radius 2 is 0.830 bits per heavy atom. The van der Waals surface area contributed by atoms with E-state index in [4.69, 9.17) is 9.97 Å². The lowest BCUT2D eigenvalue weighted by Gasteiger charge is -2.14. The fourth-order valence-corrected chi connectivity index (χ4v) is 8.48. The predicted molar refractivity (Wildman–Crippen MR) is 225 cm³/mol. The molecule has 53 heavy (non-hydrogen) atoms. The predicted octanol–water partition coefficient (Wildman–Crippen LogP) is 14.0. The van der Waals surface area contributed by atoms with E-state index in [2.05, 4.69) is 176 Å². The molecule has 3 heteroatoms. The van der Waals surface area contributed by atoms with Gasteiger partial charge < -0.3 is 0 Å². The van der Waals surface area contributed by atoms with Crippen molar-refractivity contribution in [3.8, 4) is 67.3 Å². The lowest BCUT2D eigenvalue weighted by Crippen LogP contribution is -1.97. The molecule has 0 aliphatic carbocycles. The summed E-state index contributed by atoms with van der Waals surface area (Å²) in [6.07, 6.45) is 0. The van der Waals surface area contributed by atoms with E-state index in [0.717, 1.165) is 44.8 Å². The maximum Gasteiger partial charge on any atom is 0.160 e. The van der Waals surface area contributed by atoms with Gasteiger partial charge in [0.05, 0.1) is 11.4 Å². The second-order valence-corrected chi connectivity index (χ2v) is 14.5. The molecule has 0 spiro atoms. The molecule has 0 saturated carbocycles. The monoisotopic (exact) mass is 692 g/mol. The zero-order valence-electron chi connectivity index (χ0n) is 28.8. The first kappa shape index (κ1) is 31.1. The van der Waals surface area contributed by atoms with E-state index in [1.165, 1.54) is 47.6 Å². The molecule has 0 N–H and O–H groups in total. The van der Waals surface area contributed by atoms with E-state index < -0.39 is 0 Å². The third-order valence-corrected chi connectivity index (χ3v) is 11.2. The molecule has 10 aromatic rings. The fraction of sp³-hybridized carbons (Fsp3) is 0. The van der Waals surface area contributed by atoms with Crippen molar-refractivity contribution in [2.45, 2.75) is 0 Å². The second kappa shape index (κ2) is 13.1. The number of rotatable bonds is 6. The van der Waals surface area contributed by atoms with Crippen LogP contribution >= 0.6 is 11.3 Å². The third kappa shape index (κ3) is 5.97. The van der Waals surface area contributed by atoms with Gasteiger partial charge in [-0.25, -0.2) is 9.97 Å². The molecule has 0 aliphatic rings. The summed E-state index contributed by atoms with van der Waals surface area (Å²) in [5, 5.41) is 5.06. The van der Waals surface area contributed by atoms with Gasteiger partial charge in [0.15, 0.2) is 5.82 Å². The van der Waals surface area contributed by atoms with Crippen molar-refractivity contribution in [2.24, 2.45) is 0 Å². The van der Waals surface area contributed by atoms with Crippen LogP contribution in [-0.4, -0.2) is 9.97 Å². The van der Waals surface area contributed by atoms with E-state index in [9.17, 15) is 0 Å². The summed E-state index contributed by atoms with van der Waals surface area (Å²) >= 11 is 1.85.